The number of hydrogen-bond donors (Lipinski definition) is 1. The zero-order chi connectivity index (χ0) is 19.8. The number of aromatic nitrogens is 2. The molecule has 0 radical (unpaired) electrons. The lowest BCUT2D eigenvalue weighted by atomic mass is 10.2. The van der Waals surface area contributed by atoms with Gasteiger partial charge in [-0.2, -0.15) is 0 Å². The Kier molecular flexibility index (Phi) is 7.16. The molecule has 0 saturated heterocycles. The van der Waals surface area contributed by atoms with E-state index in [-0.39, 0.29) is 11.7 Å². The van der Waals surface area contributed by atoms with Gasteiger partial charge in [0.15, 0.2) is 0 Å². The third-order valence-corrected chi connectivity index (χ3v) is 5.67. The first-order valence-electron chi connectivity index (χ1n) is 8.37. The van der Waals surface area contributed by atoms with E-state index in [1.807, 2.05) is 30.3 Å². The van der Waals surface area contributed by atoms with Crippen molar-refractivity contribution in [3.05, 3.63) is 60.9 Å². The first-order chi connectivity index (χ1) is 13.7. The van der Waals surface area contributed by atoms with Crippen molar-refractivity contribution in [1.82, 2.24) is 9.97 Å². The Morgan fingerprint density at radius 2 is 1.61 bits per heavy atom. The summed E-state index contributed by atoms with van der Waals surface area (Å²) in [6, 6.07) is 15.2. The Morgan fingerprint density at radius 1 is 0.964 bits per heavy atom. The first kappa shape index (κ1) is 20.0. The number of benzene rings is 2. The number of amides is 1. The fraction of sp³-hybridized carbons (Fsp3) is 0.150. The van der Waals surface area contributed by atoms with Gasteiger partial charge in [-0.1, -0.05) is 41.7 Å². The van der Waals surface area contributed by atoms with Gasteiger partial charge in [0, 0.05) is 41.2 Å². The highest BCUT2D eigenvalue weighted by atomic mass is 32.2. The maximum atomic E-state index is 12.4. The normalized spacial score (nSPS) is 10.4. The van der Waals surface area contributed by atoms with Crippen LogP contribution in [0.2, 0.25) is 0 Å². The number of carbonyl (C=O) groups excluding carboxylic acids is 1. The molecular weight excluding hydrogens is 394 g/mol. The predicted molar refractivity (Wildman–Crippen MR) is 111 cm³/mol. The summed E-state index contributed by atoms with van der Waals surface area (Å²) in [4.78, 5) is 22.2. The second kappa shape index (κ2) is 10.0. The van der Waals surface area contributed by atoms with Crippen LogP contribution in [0.4, 0.5) is 5.69 Å². The van der Waals surface area contributed by atoms with Crippen LogP contribution in [0.1, 0.15) is 0 Å². The van der Waals surface area contributed by atoms with Crippen molar-refractivity contribution in [2.75, 3.05) is 25.3 Å². The molecule has 0 spiro atoms. The topological polar surface area (TPSA) is 73.3 Å². The zero-order valence-electron chi connectivity index (χ0n) is 15.4. The molecule has 0 aliphatic rings. The predicted octanol–water partition coefficient (Wildman–Crippen LogP) is 4.38. The minimum atomic E-state index is -0.151. The van der Waals surface area contributed by atoms with E-state index >= 15 is 0 Å². The van der Waals surface area contributed by atoms with E-state index in [0.29, 0.717) is 17.2 Å². The second-order valence-corrected chi connectivity index (χ2v) is 7.55. The average Bonchev–Trinajstić information content (AvgIpc) is 2.73. The summed E-state index contributed by atoms with van der Waals surface area (Å²) in [6.45, 7) is 0. The van der Waals surface area contributed by atoms with Crippen molar-refractivity contribution in [1.29, 1.82) is 0 Å². The summed E-state index contributed by atoms with van der Waals surface area (Å²) in [7, 11) is 3.13. The largest absolute Gasteiger partial charge is 0.497 e. The smallest absolute Gasteiger partial charge is 0.234 e. The van der Waals surface area contributed by atoms with Gasteiger partial charge in [0.25, 0.3) is 0 Å². The molecule has 1 aromatic heterocycles. The molecule has 1 amide bonds. The Bertz CT molecular complexity index is 917. The van der Waals surface area contributed by atoms with Gasteiger partial charge in [0.1, 0.15) is 21.6 Å². The Hall–Kier alpha value is -2.71. The standard InChI is InChI=1S/C20H19N3O3S2/c1-25-15-10-14(11-16(12-15)26-2)23-18(24)13-27-19-20(22-9-8-21-19)28-17-6-4-3-5-7-17/h3-12H,13H2,1-2H3,(H,23,24). The second-order valence-electron chi connectivity index (χ2n) is 5.52. The molecule has 1 heterocycles. The molecule has 0 aliphatic carbocycles. The van der Waals surface area contributed by atoms with Gasteiger partial charge in [-0.3, -0.25) is 4.79 Å². The summed E-state index contributed by atoms with van der Waals surface area (Å²) in [6.07, 6.45) is 3.28. The third kappa shape index (κ3) is 5.64. The number of anilines is 1. The van der Waals surface area contributed by atoms with Crippen LogP contribution in [0.5, 0.6) is 11.5 Å². The minimum Gasteiger partial charge on any atom is -0.497 e. The summed E-state index contributed by atoms with van der Waals surface area (Å²) >= 11 is 2.87. The number of hydrogen-bond acceptors (Lipinski definition) is 7. The van der Waals surface area contributed by atoms with E-state index in [9.17, 15) is 4.79 Å². The number of rotatable bonds is 8. The number of nitrogens with zero attached hydrogens (tertiary/aromatic N) is 2. The molecule has 3 rings (SSSR count). The lowest BCUT2D eigenvalue weighted by Crippen LogP contribution is -2.14. The SMILES string of the molecule is COc1cc(NC(=O)CSc2nccnc2Sc2ccccc2)cc(OC)c1. The third-order valence-electron chi connectivity index (χ3n) is 3.57. The molecule has 0 saturated carbocycles. The van der Waals surface area contributed by atoms with Gasteiger partial charge >= 0.3 is 0 Å². The van der Waals surface area contributed by atoms with Crippen LogP contribution >= 0.6 is 23.5 Å². The van der Waals surface area contributed by atoms with Crippen molar-refractivity contribution in [3.63, 3.8) is 0 Å². The van der Waals surface area contributed by atoms with Crippen molar-refractivity contribution in [3.8, 4) is 11.5 Å². The maximum absolute atomic E-state index is 12.4. The van der Waals surface area contributed by atoms with Crippen molar-refractivity contribution >= 4 is 35.1 Å². The Morgan fingerprint density at radius 3 is 2.25 bits per heavy atom. The van der Waals surface area contributed by atoms with Gasteiger partial charge in [-0.25, -0.2) is 9.97 Å². The molecule has 3 aromatic rings. The molecule has 0 aliphatic heterocycles. The van der Waals surface area contributed by atoms with E-state index in [1.54, 1.807) is 44.8 Å². The van der Waals surface area contributed by atoms with Gasteiger partial charge in [-0.15, -0.1) is 0 Å². The van der Waals surface area contributed by atoms with Crippen molar-refractivity contribution in [2.24, 2.45) is 0 Å². The highest BCUT2D eigenvalue weighted by molar-refractivity contribution is 8.02. The van der Waals surface area contributed by atoms with E-state index in [2.05, 4.69) is 15.3 Å². The molecule has 0 atom stereocenters. The van der Waals surface area contributed by atoms with Crippen LogP contribution in [-0.4, -0.2) is 35.8 Å². The van der Waals surface area contributed by atoms with Crippen LogP contribution in [0.25, 0.3) is 0 Å². The average molecular weight is 414 g/mol. The highest BCUT2D eigenvalue weighted by Gasteiger charge is 2.12. The molecule has 6 nitrogen and oxygen atoms in total. The zero-order valence-corrected chi connectivity index (χ0v) is 17.0. The van der Waals surface area contributed by atoms with E-state index in [0.717, 1.165) is 14.9 Å². The van der Waals surface area contributed by atoms with Crippen molar-refractivity contribution < 1.29 is 14.3 Å². The van der Waals surface area contributed by atoms with E-state index < -0.39 is 0 Å². The minimum absolute atomic E-state index is 0.151. The lowest BCUT2D eigenvalue weighted by Gasteiger charge is -2.10. The summed E-state index contributed by atoms with van der Waals surface area (Å²) in [5.41, 5.74) is 0.611. The number of carbonyl (C=O) groups is 1. The number of methoxy groups -OCH3 is 2. The van der Waals surface area contributed by atoms with Gasteiger partial charge < -0.3 is 14.8 Å². The molecule has 0 fully saturated rings. The Balaban J connectivity index is 1.64. The molecule has 2 aromatic carbocycles. The van der Waals surface area contributed by atoms with Crippen LogP contribution in [-0.2, 0) is 4.79 Å². The fourth-order valence-corrected chi connectivity index (χ4v) is 4.02. The maximum Gasteiger partial charge on any atom is 0.234 e. The number of thioether (sulfide) groups is 1. The Labute approximate surface area is 172 Å². The molecular formula is C20H19N3O3S2. The van der Waals surface area contributed by atoms with Crippen LogP contribution in [0.3, 0.4) is 0 Å². The fourth-order valence-electron chi connectivity index (χ4n) is 2.29. The molecule has 144 valence electrons. The molecule has 0 unspecified atom stereocenters. The number of nitrogens with one attached hydrogen (secondary N) is 1. The van der Waals surface area contributed by atoms with E-state index in [4.69, 9.17) is 9.47 Å². The molecule has 28 heavy (non-hydrogen) atoms. The summed E-state index contributed by atoms with van der Waals surface area (Å²) in [5, 5.41) is 4.35. The summed E-state index contributed by atoms with van der Waals surface area (Å²) in [5.74, 6) is 1.28. The van der Waals surface area contributed by atoms with Gasteiger partial charge in [0.05, 0.1) is 20.0 Å². The first-order valence-corrected chi connectivity index (χ1v) is 10.2. The quantitative estimate of drug-likeness (QED) is 0.550. The molecule has 1 N–H and O–H groups in total. The molecule has 0 bridgehead atoms. The lowest BCUT2D eigenvalue weighted by molar-refractivity contribution is -0.113. The number of ether oxygens (including phenoxy) is 2. The van der Waals surface area contributed by atoms with E-state index in [1.165, 1.54) is 23.5 Å². The molecule has 8 heteroatoms. The van der Waals surface area contributed by atoms with Crippen LogP contribution in [0, 0.1) is 0 Å². The van der Waals surface area contributed by atoms with Gasteiger partial charge in [-0.05, 0) is 12.1 Å². The monoisotopic (exact) mass is 413 g/mol. The van der Waals surface area contributed by atoms with Crippen LogP contribution < -0.4 is 14.8 Å². The highest BCUT2D eigenvalue weighted by Crippen LogP contribution is 2.32. The van der Waals surface area contributed by atoms with Gasteiger partial charge in [0.2, 0.25) is 5.91 Å². The van der Waals surface area contributed by atoms with Crippen molar-refractivity contribution in [2.45, 2.75) is 14.9 Å². The summed E-state index contributed by atoms with van der Waals surface area (Å²) < 4.78 is 10.4. The van der Waals surface area contributed by atoms with Crippen LogP contribution in [0.15, 0.2) is 75.9 Å².